The molecule has 0 unspecified atom stereocenters. The number of rotatable bonds is 1. The summed E-state index contributed by atoms with van der Waals surface area (Å²) in [6, 6.07) is 0. The molecule has 0 saturated carbocycles. The fourth-order valence-corrected chi connectivity index (χ4v) is 0.625. The maximum Gasteiger partial charge on any atom is 0.394 e. The lowest BCUT2D eigenvalue weighted by Crippen LogP contribution is -1.94. The fraction of sp³-hybridized carbons (Fsp3) is 0.400. The average molecular weight is 225 g/mol. The minimum absolute atomic E-state index is 0.0532. The van der Waals surface area contributed by atoms with Gasteiger partial charge in [0.1, 0.15) is 5.69 Å². The van der Waals surface area contributed by atoms with E-state index in [4.69, 9.17) is 28.4 Å². The predicted molar refractivity (Wildman–Crippen MR) is 48.2 cm³/mol. The number of aromatic hydroxyl groups is 1. The van der Waals surface area contributed by atoms with Crippen LogP contribution in [0.15, 0.2) is 6.20 Å². The van der Waals surface area contributed by atoms with Gasteiger partial charge in [-0.3, -0.25) is 9.11 Å². The molecular formula is C5H11N3O5S. The van der Waals surface area contributed by atoms with Gasteiger partial charge in [0, 0.05) is 6.54 Å². The van der Waals surface area contributed by atoms with E-state index >= 15 is 0 Å². The molecule has 0 aliphatic rings. The smallest absolute Gasteiger partial charge is 0.394 e. The van der Waals surface area contributed by atoms with Gasteiger partial charge in [-0.05, 0) is 6.92 Å². The fourth-order valence-electron chi connectivity index (χ4n) is 0.625. The average Bonchev–Trinajstić information content (AvgIpc) is 2.30. The topological polar surface area (TPSA) is 139 Å². The normalized spacial score (nSPS) is 10.5. The van der Waals surface area contributed by atoms with E-state index in [1.807, 2.05) is 6.92 Å². The molecule has 14 heavy (non-hydrogen) atoms. The highest BCUT2D eigenvalue weighted by molar-refractivity contribution is 7.79. The summed E-state index contributed by atoms with van der Waals surface area (Å²) in [6.07, 6.45) is 1.43. The van der Waals surface area contributed by atoms with E-state index in [2.05, 4.69) is 5.10 Å². The monoisotopic (exact) mass is 225 g/mol. The van der Waals surface area contributed by atoms with E-state index < -0.39 is 10.4 Å². The van der Waals surface area contributed by atoms with Crippen molar-refractivity contribution in [1.29, 1.82) is 0 Å². The van der Waals surface area contributed by atoms with E-state index in [0.29, 0.717) is 12.2 Å². The SMILES string of the molecule is CCn1ncc(N)c1O.O=S(=O)(O)O. The van der Waals surface area contributed by atoms with Gasteiger partial charge < -0.3 is 10.8 Å². The summed E-state index contributed by atoms with van der Waals surface area (Å²) in [5.74, 6) is 0.0532. The first-order valence-electron chi connectivity index (χ1n) is 3.45. The lowest BCUT2D eigenvalue weighted by atomic mass is 10.6. The molecule has 0 bridgehead atoms. The van der Waals surface area contributed by atoms with Crippen molar-refractivity contribution in [2.45, 2.75) is 13.5 Å². The zero-order valence-corrected chi connectivity index (χ0v) is 8.14. The molecule has 0 aliphatic carbocycles. The summed E-state index contributed by atoms with van der Waals surface area (Å²) in [7, 11) is -4.67. The van der Waals surface area contributed by atoms with Gasteiger partial charge in [-0.1, -0.05) is 0 Å². The van der Waals surface area contributed by atoms with Crippen molar-refractivity contribution in [3.63, 3.8) is 0 Å². The first kappa shape index (κ1) is 12.7. The number of nitrogen functional groups attached to an aromatic ring is 1. The summed E-state index contributed by atoms with van der Waals surface area (Å²) in [6.45, 7) is 2.52. The van der Waals surface area contributed by atoms with Crippen molar-refractivity contribution < 1.29 is 22.6 Å². The molecule has 0 aliphatic heterocycles. The summed E-state index contributed by atoms with van der Waals surface area (Å²) in [4.78, 5) is 0. The van der Waals surface area contributed by atoms with Gasteiger partial charge in [0.15, 0.2) is 0 Å². The predicted octanol–water partition coefficient (Wildman–Crippen LogP) is -0.462. The standard InChI is InChI=1S/C5H9N3O.H2O4S/c1-2-8-5(9)4(6)3-7-8;1-5(2,3)4/h3,9H,2,6H2,1H3;(H2,1,2,3,4). The maximum absolute atomic E-state index is 9.01. The highest BCUT2D eigenvalue weighted by Gasteiger charge is 2.01. The molecule has 9 heteroatoms. The summed E-state index contributed by atoms with van der Waals surface area (Å²) >= 11 is 0. The third kappa shape index (κ3) is 5.35. The van der Waals surface area contributed by atoms with Gasteiger partial charge in [0.2, 0.25) is 5.88 Å². The highest BCUT2D eigenvalue weighted by atomic mass is 32.3. The Kier molecular flexibility index (Phi) is 4.34. The molecule has 0 radical (unpaired) electrons. The molecule has 0 amide bonds. The summed E-state index contributed by atoms with van der Waals surface area (Å²) < 4.78 is 33.0. The quantitative estimate of drug-likeness (QED) is 0.474. The minimum Gasteiger partial charge on any atom is -0.492 e. The Labute approximate surface area is 80.5 Å². The Morgan fingerprint density at radius 1 is 1.57 bits per heavy atom. The van der Waals surface area contributed by atoms with Crippen LogP contribution in [0.1, 0.15) is 6.92 Å². The largest absolute Gasteiger partial charge is 0.492 e. The maximum atomic E-state index is 9.01. The second-order valence-corrected chi connectivity index (χ2v) is 3.08. The zero-order chi connectivity index (χ0) is 11.4. The lowest BCUT2D eigenvalue weighted by molar-refractivity contribution is 0.381. The number of hydrogen-bond acceptors (Lipinski definition) is 5. The summed E-state index contributed by atoms with van der Waals surface area (Å²) in [5, 5.41) is 12.8. The van der Waals surface area contributed by atoms with Crippen LogP contribution in [-0.4, -0.2) is 32.4 Å². The zero-order valence-electron chi connectivity index (χ0n) is 7.32. The molecule has 8 nitrogen and oxygen atoms in total. The van der Waals surface area contributed by atoms with Crippen LogP contribution >= 0.6 is 0 Å². The van der Waals surface area contributed by atoms with Crippen molar-refractivity contribution in [2.24, 2.45) is 0 Å². The van der Waals surface area contributed by atoms with Crippen LogP contribution < -0.4 is 5.73 Å². The molecule has 5 N–H and O–H groups in total. The molecule has 1 rings (SSSR count). The van der Waals surface area contributed by atoms with Crippen LogP contribution in [0.4, 0.5) is 5.69 Å². The molecular weight excluding hydrogens is 214 g/mol. The van der Waals surface area contributed by atoms with Crippen molar-refractivity contribution >= 4 is 16.1 Å². The van der Waals surface area contributed by atoms with Crippen molar-refractivity contribution in [3.8, 4) is 5.88 Å². The molecule has 0 aromatic carbocycles. The van der Waals surface area contributed by atoms with Crippen LogP contribution in [0.3, 0.4) is 0 Å². The third-order valence-corrected chi connectivity index (χ3v) is 1.14. The molecule has 0 atom stereocenters. The second kappa shape index (κ2) is 4.79. The first-order valence-corrected chi connectivity index (χ1v) is 4.85. The Hall–Kier alpha value is -1.32. The van der Waals surface area contributed by atoms with Crippen molar-refractivity contribution in [2.75, 3.05) is 5.73 Å². The van der Waals surface area contributed by atoms with Crippen LogP contribution in [0, 0.1) is 0 Å². The van der Waals surface area contributed by atoms with Crippen molar-refractivity contribution in [3.05, 3.63) is 6.20 Å². The molecule has 1 aromatic heterocycles. The second-order valence-electron chi connectivity index (χ2n) is 2.19. The minimum atomic E-state index is -4.67. The van der Waals surface area contributed by atoms with E-state index in [9.17, 15) is 0 Å². The number of aromatic nitrogens is 2. The van der Waals surface area contributed by atoms with Crippen molar-refractivity contribution in [1.82, 2.24) is 9.78 Å². The molecule has 82 valence electrons. The number of anilines is 1. The first-order chi connectivity index (χ1) is 6.25. The van der Waals surface area contributed by atoms with Gasteiger partial charge >= 0.3 is 10.4 Å². The van der Waals surface area contributed by atoms with Gasteiger partial charge in [0.05, 0.1) is 6.20 Å². The van der Waals surface area contributed by atoms with Gasteiger partial charge in [-0.2, -0.15) is 13.5 Å². The molecule has 0 spiro atoms. The molecule has 1 aromatic rings. The Morgan fingerprint density at radius 3 is 2.14 bits per heavy atom. The van der Waals surface area contributed by atoms with Crippen LogP contribution in [0.5, 0.6) is 5.88 Å². The third-order valence-electron chi connectivity index (χ3n) is 1.14. The molecule has 0 saturated heterocycles. The van der Waals surface area contributed by atoms with Gasteiger partial charge in [0.25, 0.3) is 0 Å². The Bertz CT molecular complexity index is 376. The molecule has 1 heterocycles. The van der Waals surface area contributed by atoms with Crippen LogP contribution in [-0.2, 0) is 16.9 Å². The Balaban J connectivity index is 0.000000292. The summed E-state index contributed by atoms with van der Waals surface area (Å²) in [5.41, 5.74) is 5.61. The van der Waals surface area contributed by atoms with Gasteiger partial charge in [-0.15, -0.1) is 0 Å². The number of nitrogens with two attached hydrogens (primary N) is 1. The van der Waals surface area contributed by atoms with E-state index in [1.54, 1.807) is 0 Å². The van der Waals surface area contributed by atoms with Gasteiger partial charge in [-0.25, -0.2) is 4.68 Å². The lowest BCUT2D eigenvalue weighted by Gasteiger charge is -1.95. The molecule has 0 fully saturated rings. The number of aryl methyl sites for hydroxylation is 1. The Morgan fingerprint density at radius 2 is 2.00 bits per heavy atom. The van der Waals surface area contributed by atoms with E-state index in [1.165, 1.54) is 10.9 Å². The van der Waals surface area contributed by atoms with E-state index in [0.717, 1.165) is 0 Å². The highest BCUT2D eigenvalue weighted by Crippen LogP contribution is 2.16. The van der Waals surface area contributed by atoms with Crippen LogP contribution in [0.25, 0.3) is 0 Å². The van der Waals surface area contributed by atoms with Crippen LogP contribution in [0.2, 0.25) is 0 Å². The number of nitrogens with zero attached hydrogens (tertiary/aromatic N) is 2. The number of hydrogen-bond donors (Lipinski definition) is 4. The van der Waals surface area contributed by atoms with E-state index in [-0.39, 0.29) is 5.88 Å².